The van der Waals surface area contributed by atoms with Crippen LogP contribution in [0.3, 0.4) is 0 Å². The monoisotopic (exact) mass is 420 g/mol. The van der Waals surface area contributed by atoms with Crippen molar-refractivity contribution in [1.29, 1.82) is 0 Å². The van der Waals surface area contributed by atoms with Crippen molar-refractivity contribution < 1.29 is 4.79 Å². The maximum absolute atomic E-state index is 13.0. The summed E-state index contributed by atoms with van der Waals surface area (Å²) in [6.45, 7) is 2.64. The van der Waals surface area contributed by atoms with E-state index < -0.39 is 0 Å². The second kappa shape index (κ2) is 9.94. The van der Waals surface area contributed by atoms with Gasteiger partial charge in [0.05, 0.1) is 5.75 Å². The summed E-state index contributed by atoms with van der Waals surface area (Å²) in [7, 11) is 0. The Morgan fingerprint density at radius 2 is 1.67 bits per heavy atom. The molecule has 5 nitrogen and oxygen atoms in total. The zero-order valence-corrected chi connectivity index (χ0v) is 18.2. The summed E-state index contributed by atoms with van der Waals surface area (Å²) in [5, 5.41) is 9.88. The van der Waals surface area contributed by atoms with Crippen LogP contribution in [0.15, 0.2) is 65.8 Å². The van der Waals surface area contributed by atoms with E-state index in [0.717, 1.165) is 35.2 Å². The van der Waals surface area contributed by atoms with Crippen LogP contribution in [0.25, 0.3) is 5.69 Å². The average Bonchev–Trinajstić information content (AvgIpc) is 3.24. The van der Waals surface area contributed by atoms with Gasteiger partial charge in [-0.15, -0.1) is 10.2 Å². The molecule has 0 radical (unpaired) electrons. The minimum Gasteiger partial charge on any atom is -0.312 e. The quantitative estimate of drug-likeness (QED) is 0.476. The summed E-state index contributed by atoms with van der Waals surface area (Å²) in [6.07, 6.45) is 6.11. The van der Waals surface area contributed by atoms with E-state index in [2.05, 4.69) is 26.9 Å². The zero-order valence-electron chi connectivity index (χ0n) is 17.4. The van der Waals surface area contributed by atoms with Gasteiger partial charge < -0.3 is 4.90 Å². The summed E-state index contributed by atoms with van der Waals surface area (Å²) in [6, 6.07) is 20.1. The molecule has 0 bridgehead atoms. The Labute approximate surface area is 182 Å². The van der Waals surface area contributed by atoms with Crippen LogP contribution in [0.5, 0.6) is 0 Å². The summed E-state index contributed by atoms with van der Waals surface area (Å²) in [4.78, 5) is 14.8. The van der Waals surface area contributed by atoms with Gasteiger partial charge in [0.25, 0.3) is 0 Å². The second-order valence-electron chi connectivity index (χ2n) is 7.61. The van der Waals surface area contributed by atoms with Crippen molar-refractivity contribution in [2.75, 3.05) is 17.2 Å². The Balaban J connectivity index is 1.56. The summed E-state index contributed by atoms with van der Waals surface area (Å²) in [5.74, 6) is 1.88. The first kappa shape index (κ1) is 20.7. The fourth-order valence-electron chi connectivity index (χ4n) is 4.13. The molecule has 30 heavy (non-hydrogen) atoms. The van der Waals surface area contributed by atoms with Crippen molar-refractivity contribution in [2.24, 2.45) is 0 Å². The molecule has 0 N–H and O–H groups in total. The van der Waals surface area contributed by atoms with Crippen molar-refractivity contribution in [2.45, 2.75) is 50.1 Å². The minimum absolute atomic E-state index is 0.0792. The Morgan fingerprint density at radius 1 is 1.00 bits per heavy atom. The number of rotatable bonds is 7. The first-order chi connectivity index (χ1) is 14.8. The van der Waals surface area contributed by atoms with Crippen LogP contribution in [0.1, 0.15) is 50.8 Å². The number of amides is 1. The molecule has 0 unspecified atom stereocenters. The lowest BCUT2D eigenvalue weighted by Crippen LogP contribution is -2.32. The molecule has 1 saturated carbocycles. The third kappa shape index (κ3) is 4.59. The van der Waals surface area contributed by atoms with Crippen molar-refractivity contribution >= 4 is 23.4 Å². The normalized spacial score (nSPS) is 14.6. The van der Waals surface area contributed by atoms with Crippen molar-refractivity contribution in [3.05, 3.63) is 66.5 Å². The number of carbonyl (C=O) groups is 1. The first-order valence-corrected chi connectivity index (χ1v) is 11.8. The van der Waals surface area contributed by atoms with Gasteiger partial charge in [0.1, 0.15) is 5.82 Å². The Kier molecular flexibility index (Phi) is 6.84. The molecule has 0 aliphatic heterocycles. The van der Waals surface area contributed by atoms with E-state index >= 15 is 0 Å². The molecule has 1 fully saturated rings. The summed E-state index contributed by atoms with van der Waals surface area (Å²) in [5.41, 5.74) is 1.99. The summed E-state index contributed by atoms with van der Waals surface area (Å²) < 4.78 is 2.16. The molecule has 2 aromatic carbocycles. The van der Waals surface area contributed by atoms with E-state index in [-0.39, 0.29) is 5.91 Å². The van der Waals surface area contributed by atoms with Crippen molar-refractivity contribution in [1.82, 2.24) is 14.8 Å². The van der Waals surface area contributed by atoms with Gasteiger partial charge in [-0.1, -0.05) is 67.4 Å². The predicted molar refractivity (Wildman–Crippen MR) is 122 cm³/mol. The third-order valence-corrected chi connectivity index (χ3v) is 6.57. The van der Waals surface area contributed by atoms with Crippen LogP contribution >= 0.6 is 11.8 Å². The second-order valence-corrected chi connectivity index (χ2v) is 8.55. The number of para-hydroxylation sites is 2. The topological polar surface area (TPSA) is 51.0 Å². The van der Waals surface area contributed by atoms with Gasteiger partial charge in [-0.3, -0.25) is 9.36 Å². The maximum atomic E-state index is 13.0. The number of aromatic nitrogens is 3. The Morgan fingerprint density at radius 3 is 2.33 bits per heavy atom. The highest BCUT2D eigenvalue weighted by Crippen LogP contribution is 2.35. The molecule has 1 heterocycles. The van der Waals surface area contributed by atoms with E-state index in [1.165, 1.54) is 31.0 Å². The van der Waals surface area contributed by atoms with E-state index in [1.54, 1.807) is 0 Å². The number of benzene rings is 2. The lowest BCUT2D eigenvalue weighted by atomic mass is 9.88. The van der Waals surface area contributed by atoms with Crippen LogP contribution in [0.2, 0.25) is 0 Å². The minimum atomic E-state index is 0.0792. The molecule has 6 heteroatoms. The fraction of sp³-hybridized carbons (Fsp3) is 0.375. The number of thioether (sulfide) groups is 1. The molecular formula is C24H28N4OS. The SMILES string of the molecule is CCN(C(=O)CSc1nnc(C2CCCCC2)n1-c1ccccc1)c1ccccc1. The number of nitrogens with zero attached hydrogens (tertiary/aromatic N) is 4. The van der Waals surface area contributed by atoms with E-state index in [1.807, 2.05) is 60.4 Å². The average molecular weight is 421 g/mol. The Bertz CT molecular complexity index is 952. The summed E-state index contributed by atoms with van der Waals surface area (Å²) >= 11 is 1.47. The predicted octanol–water partition coefficient (Wildman–Crippen LogP) is 5.46. The van der Waals surface area contributed by atoms with E-state index in [4.69, 9.17) is 0 Å². The highest BCUT2D eigenvalue weighted by Gasteiger charge is 2.25. The van der Waals surface area contributed by atoms with Crippen LogP contribution < -0.4 is 4.90 Å². The molecule has 0 spiro atoms. The number of anilines is 1. The molecule has 3 aromatic rings. The van der Waals surface area contributed by atoms with Crippen molar-refractivity contribution in [3.8, 4) is 5.69 Å². The lowest BCUT2D eigenvalue weighted by Gasteiger charge is -2.22. The molecule has 1 aliphatic rings. The first-order valence-electron chi connectivity index (χ1n) is 10.8. The van der Waals surface area contributed by atoms with E-state index in [0.29, 0.717) is 18.2 Å². The third-order valence-electron chi connectivity index (χ3n) is 5.65. The maximum Gasteiger partial charge on any atom is 0.237 e. The highest BCUT2D eigenvalue weighted by atomic mass is 32.2. The standard InChI is InChI=1S/C24H28N4OS/c1-2-27(20-14-8-4-9-15-20)22(29)18-30-24-26-25-23(19-12-6-3-7-13-19)28(24)21-16-10-5-11-17-21/h4-5,8-11,14-17,19H,2-3,6-7,12-13,18H2,1H3. The van der Waals surface area contributed by atoms with Crippen LogP contribution in [-0.4, -0.2) is 33.0 Å². The molecule has 1 aromatic heterocycles. The van der Waals surface area contributed by atoms with Gasteiger partial charge in [-0.2, -0.15) is 0 Å². The number of hydrogen-bond donors (Lipinski definition) is 0. The molecule has 0 atom stereocenters. The van der Waals surface area contributed by atoms with E-state index in [9.17, 15) is 4.79 Å². The van der Waals surface area contributed by atoms with Gasteiger partial charge >= 0.3 is 0 Å². The van der Waals surface area contributed by atoms with Gasteiger partial charge in [0.15, 0.2) is 5.16 Å². The van der Waals surface area contributed by atoms with Crippen LogP contribution in [0, 0.1) is 0 Å². The van der Waals surface area contributed by atoms with Crippen LogP contribution in [0.4, 0.5) is 5.69 Å². The van der Waals surface area contributed by atoms with Gasteiger partial charge in [-0.25, -0.2) is 0 Å². The lowest BCUT2D eigenvalue weighted by molar-refractivity contribution is -0.116. The van der Waals surface area contributed by atoms with Gasteiger partial charge in [-0.05, 0) is 44.0 Å². The van der Waals surface area contributed by atoms with Gasteiger partial charge in [0, 0.05) is 23.8 Å². The molecular weight excluding hydrogens is 392 g/mol. The van der Waals surface area contributed by atoms with Crippen LogP contribution in [-0.2, 0) is 4.79 Å². The zero-order chi connectivity index (χ0) is 20.8. The number of hydrogen-bond acceptors (Lipinski definition) is 4. The van der Waals surface area contributed by atoms with Crippen molar-refractivity contribution in [3.63, 3.8) is 0 Å². The van der Waals surface area contributed by atoms with Gasteiger partial charge in [0.2, 0.25) is 5.91 Å². The largest absolute Gasteiger partial charge is 0.312 e. The molecule has 1 aliphatic carbocycles. The number of carbonyl (C=O) groups excluding carboxylic acids is 1. The molecule has 156 valence electrons. The Hall–Kier alpha value is -2.60. The molecule has 4 rings (SSSR count). The molecule has 0 saturated heterocycles. The molecule has 1 amide bonds. The smallest absolute Gasteiger partial charge is 0.237 e. The fourth-order valence-corrected chi connectivity index (χ4v) is 4.97. The highest BCUT2D eigenvalue weighted by molar-refractivity contribution is 7.99.